The number of halogens is 3. The molecule has 1 amide bonds. The van der Waals surface area contributed by atoms with Gasteiger partial charge in [-0.3, -0.25) is 4.79 Å². The van der Waals surface area contributed by atoms with Crippen molar-refractivity contribution in [3.8, 4) is 17.1 Å². The maximum atomic E-state index is 12.1. The van der Waals surface area contributed by atoms with Gasteiger partial charge < -0.3 is 14.6 Å². The fraction of sp³-hybridized carbons (Fsp3) is 0.286. The van der Waals surface area contributed by atoms with Crippen molar-refractivity contribution < 1.29 is 22.7 Å². The van der Waals surface area contributed by atoms with Gasteiger partial charge in [0.05, 0.1) is 0 Å². The summed E-state index contributed by atoms with van der Waals surface area (Å²) in [4.78, 5) is 15.0. The van der Waals surface area contributed by atoms with Crippen molar-refractivity contribution >= 4 is 5.91 Å². The number of alkyl halides is 3. The fourth-order valence-corrected chi connectivity index (χ4v) is 1.91. The molecule has 22 heavy (non-hydrogen) atoms. The van der Waals surface area contributed by atoms with Gasteiger partial charge in [0.25, 0.3) is 0 Å². The Morgan fingerprint density at radius 2 is 2.00 bits per heavy atom. The third-order valence-corrected chi connectivity index (χ3v) is 2.79. The number of ether oxygens (including phenoxy) is 1. The molecule has 0 spiro atoms. The van der Waals surface area contributed by atoms with Crippen molar-refractivity contribution in [1.82, 2.24) is 14.9 Å². The van der Waals surface area contributed by atoms with Crippen LogP contribution in [0.2, 0.25) is 0 Å². The van der Waals surface area contributed by atoms with Crippen LogP contribution >= 0.6 is 0 Å². The van der Waals surface area contributed by atoms with E-state index < -0.39 is 6.36 Å². The first-order chi connectivity index (χ1) is 10.3. The second kappa shape index (κ2) is 6.50. The van der Waals surface area contributed by atoms with Crippen LogP contribution in [0.3, 0.4) is 0 Å². The Morgan fingerprint density at radius 3 is 2.59 bits per heavy atom. The average molecular weight is 313 g/mol. The topological polar surface area (TPSA) is 56.2 Å². The maximum absolute atomic E-state index is 12.1. The molecule has 0 radical (unpaired) electrons. The Bertz CT molecular complexity index is 636. The average Bonchev–Trinajstić information content (AvgIpc) is 2.86. The molecule has 2 aromatic rings. The molecule has 0 atom stereocenters. The summed E-state index contributed by atoms with van der Waals surface area (Å²) < 4.78 is 42.0. The SMILES string of the molecule is CC(=O)NCCn1ccnc1-c1ccc(OC(F)(F)F)cc1. The fourth-order valence-electron chi connectivity index (χ4n) is 1.91. The Morgan fingerprint density at radius 1 is 1.32 bits per heavy atom. The molecule has 0 aliphatic carbocycles. The molecule has 8 heteroatoms. The molecule has 2 rings (SSSR count). The van der Waals surface area contributed by atoms with E-state index in [0.717, 1.165) is 0 Å². The highest BCUT2D eigenvalue weighted by Crippen LogP contribution is 2.25. The third-order valence-electron chi connectivity index (χ3n) is 2.79. The quantitative estimate of drug-likeness (QED) is 0.923. The van der Waals surface area contributed by atoms with Crippen molar-refractivity contribution in [2.75, 3.05) is 6.54 Å². The highest BCUT2D eigenvalue weighted by molar-refractivity contribution is 5.72. The first kappa shape index (κ1) is 15.9. The zero-order valence-corrected chi connectivity index (χ0v) is 11.7. The summed E-state index contributed by atoms with van der Waals surface area (Å²) in [7, 11) is 0. The normalized spacial score (nSPS) is 11.3. The number of nitrogens with one attached hydrogen (secondary N) is 1. The standard InChI is InChI=1S/C14H14F3N3O2/c1-10(21)18-6-8-20-9-7-19-13(20)11-2-4-12(5-3-11)22-14(15,16)17/h2-5,7,9H,6,8H2,1H3,(H,18,21). The van der Waals surface area contributed by atoms with E-state index in [9.17, 15) is 18.0 Å². The summed E-state index contributed by atoms with van der Waals surface area (Å²) in [6.45, 7) is 2.37. The van der Waals surface area contributed by atoms with E-state index in [-0.39, 0.29) is 11.7 Å². The highest BCUT2D eigenvalue weighted by atomic mass is 19.4. The predicted molar refractivity (Wildman–Crippen MR) is 73.0 cm³/mol. The molecular formula is C14H14F3N3O2. The lowest BCUT2D eigenvalue weighted by Crippen LogP contribution is -2.24. The van der Waals surface area contributed by atoms with E-state index in [4.69, 9.17) is 0 Å². The molecule has 1 aromatic heterocycles. The van der Waals surface area contributed by atoms with Gasteiger partial charge in [-0.1, -0.05) is 0 Å². The minimum atomic E-state index is -4.71. The number of carbonyl (C=O) groups is 1. The number of benzene rings is 1. The number of hydrogen-bond donors (Lipinski definition) is 1. The Kier molecular flexibility index (Phi) is 4.69. The van der Waals surface area contributed by atoms with Crippen molar-refractivity contribution in [2.45, 2.75) is 19.8 Å². The summed E-state index contributed by atoms with van der Waals surface area (Å²) in [5, 5.41) is 2.66. The number of aromatic nitrogens is 2. The second-order valence-corrected chi connectivity index (χ2v) is 4.50. The Balaban J connectivity index is 2.09. The minimum absolute atomic E-state index is 0.129. The molecule has 0 unspecified atom stereocenters. The van der Waals surface area contributed by atoms with Gasteiger partial charge >= 0.3 is 6.36 Å². The molecule has 1 aromatic carbocycles. The van der Waals surface area contributed by atoms with Gasteiger partial charge in [0.1, 0.15) is 11.6 Å². The first-order valence-corrected chi connectivity index (χ1v) is 6.47. The van der Waals surface area contributed by atoms with E-state index in [0.29, 0.717) is 24.5 Å². The van der Waals surface area contributed by atoms with Gasteiger partial charge in [0, 0.05) is 38.0 Å². The lowest BCUT2D eigenvalue weighted by atomic mass is 10.2. The second-order valence-electron chi connectivity index (χ2n) is 4.50. The predicted octanol–water partition coefficient (Wildman–Crippen LogP) is 2.58. The van der Waals surface area contributed by atoms with Crippen LogP contribution < -0.4 is 10.1 Å². The monoisotopic (exact) mass is 313 g/mol. The summed E-state index contributed by atoms with van der Waals surface area (Å²) >= 11 is 0. The Labute approximate surface area is 124 Å². The van der Waals surface area contributed by atoms with Crippen LogP contribution in [-0.4, -0.2) is 28.4 Å². The van der Waals surface area contributed by atoms with Crippen molar-refractivity contribution in [3.63, 3.8) is 0 Å². The molecule has 0 fully saturated rings. The molecule has 118 valence electrons. The van der Waals surface area contributed by atoms with Gasteiger partial charge in [-0.05, 0) is 24.3 Å². The molecule has 0 saturated heterocycles. The number of nitrogens with zero attached hydrogens (tertiary/aromatic N) is 2. The molecule has 0 saturated carbocycles. The van der Waals surface area contributed by atoms with Gasteiger partial charge in [0.2, 0.25) is 5.91 Å². The number of rotatable bonds is 5. The number of hydrogen-bond acceptors (Lipinski definition) is 3. The Hall–Kier alpha value is -2.51. The van der Waals surface area contributed by atoms with Crippen LogP contribution in [0.25, 0.3) is 11.4 Å². The van der Waals surface area contributed by atoms with Gasteiger partial charge in [0.15, 0.2) is 0 Å². The van der Waals surface area contributed by atoms with Crippen LogP contribution in [0.4, 0.5) is 13.2 Å². The zero-order chi connectivity index (χ0) is 16.2. The van der Waals surface area contributed by atoms with Crippen LogP contribution in [0.1, 0.15) is 6.92 Å². The summed E-state index contributed by atoms with van der Waals surface area (Å²) in [5.74, 6) is 0.187. The van der Waals surface area contributed by atoms with E-state index in [2.05, 4.69) is 15.0 Å². The largest absolute Gasteiger partial charge is 0.573 e. The van der Waals surface area contributed by atoms with Crippen LogP contribution in [0.15, 0.2) is 36.7 Å². The van der Waals surface area contributed by atoms with Crippen LogP contribution in [-0.2, 0) is 11.3 Å². The van der Waals surface area contributed by atoms with E-state index >= 15 is 0 Å². The van der Waals surface area contributed by atoms with E-state index in [1.165, 1.54) is 31.2 Å². The van der Waals surface area contributed by atoms with Gasteiger partial charge in [-0.2, -0.15) is 0 Å². The minimum Gasteiger partial charge on any atom is -0.406 e. The molecule has 1 heterocycles. The first-order valence-electron chi connectivity index (χ1n) is 6.47. The molecule has 5 nitrogen and oxygen atoms in total. The van der Waals surface area contributed by atoms with Crippen LogP contribution in [0.5, 0.6) is 5.75 Å². The molecular weight excluding hydrogens is 299 g/mol. The summed E-state index contributed by atoms with van der Waals surface area (Å²) in [6, 6.07) is 5.46. The highest BCUT2D eigenvalue weighted by Gasteiger charge is 2.31. The van der Waals surface area contributed by atoms with Crippen molar-refractivity contribution in [1.29, 1.82) is 0 Å². The summed E-state index contributed by atoms with van der Waals surface area (Å²) in [5.41, 5.74) is 0.655. The smallest absolute Gasteiger partial charge is 0.406 e. The third kappa shape index (κ3) is 4.51. The molecule has 0 aliphatic heterocycles. The van der Waals surface area contributed by atoms with Crippen LogP contribution in [0, 0.1) is 0 Å². The number of carbonyl (C=O) groups excluding carboxylic acids is 1. The zero-order valence-electron chi connectivity index (χ0n) is 11.7. The number of amides is 1. The van der Waals surface area contributed by atoms with Gasteiger partial charge in [-0.25, -0.2) is 4.98 Å². The molecule has 0 bridgehead atoms. The maximum Gasteiger partial charge on any atom is 0.573 e. The molecule has 0 aliphatic rings. The van der Waals surface area contributed by atoms with Crippen molar-refractivity contribution in [2.24, 2.45) is 0 Å². The van der Waals surface area contributed by atoms with E-state index in [1.807, 2.05) is 0 Å². The summed E-state index contributed by atoms with van der Waals surface area (Å²) in [6.07, 6.45) is -1.39. The lowest BCUT2D eigenvalue weighted by molar-refractivity contribution is -0.274. The van der Waals surface area contributed by atoms with E-state index in [1.54, 1.807) is 17.0 Å². The lowest BCUT2D eigenvalue weighted by Gasteiger charge is -2.10. The van der Waals surface area contributed by atoms with Crippen molar-refractivity contribution in [3.05, 3.63) is 36.7 Å². The van der Waals surface area contributed by atoms with Gasteiger partial charge in [-0.15, -0.1) is 13.2 Å². The molecule has 1 N–H and O–H groups in total. The number of imidazole rings is 1.